The molecule has 0 aliphatic heterocycles. The van der Waals surface area contributed by atoms with E-state index < -0.39 is 0 Å². The number of aliphatic hydroxyl groups excluding tert-OH is 1. The maximum absolute atomic E-state index is 9.95. The highest BCUT2D eigenvalue weighted by atomic mass is 16.5. The molecule has 0 aromatic carbocycles. The summed E-state index contributed by atoms with van der Waals surface area (Å²) in [4.78, 5) is 4.28. The highest BCUT2D eigenvalue weighted by molar-refractivity contribution is 5.25. The van der Waals surface area contributed by atoms with Crippen LogP contribution in [0.3, 0.4) is 0 Å². The smallest absolute Gasteiger partial charge is 0.218 e. The molecule has 0 bridgehead atoms. The van der Waals surface area contributed by atoms with E-state index in [1.54, 1.807) is 6.20 Å². The second-order valence-corrected chi connectivity index (χ2v) is 5.47. The minimum Gasteiger partial charge on any atom is -0.475 e. The van der Waals surface area contributed by atoms with Gasteiger partial charge in [-0.15, -0.1) is 0 Å². The third kappa shape index (κ3) is 4.18. The molecule has 2 unspecified atom stereocenters. The predicted molar refractivity (Wildman–Crippen MR) is 75.1 cm³/mol. The van der Waals surface area contributed by atoms with Crippen LogP contribution in [-0.2, 0) is 6.54 Å². The van der Waals surface area contributed by atoms with Gasteiger partial charge >= 0.3 is 0 Å². The Morgan fingerprint density at radius 3 is 2.95 bits per heavy atom. The van der Waals surface area contributed by atoms with E-state index in [1.807, 2.05) is 26.0 Å². The van der Waals surface area contributed by atoms with Gasteiger partial charge in [0.1, 0.15) is 0 Å². The largest absolute Gasteiger partial charge is 0.475 e. The number of nitrogens with zero attached hydrogens (tertiary/aromatic N) is 1. The molecule has 1 aliphatic carbocycles. The van der Waals surface area contributed by atoms with E-state index in [0.29, 0.717) is 12.4 Å². The van der Waals surface area contributed by atoms with E-state index in [9.17, 15) is 5.11 Å². The number of pyridine rings is 1. The number of aliphatic hydroxyl groups is 1. The number of ether oxygens (including phenoxy) is 1. The van der Waals surface area contributed by atoms with Gasteiger partial charge in [-0.1, -0.05) is 18.9 Å². The van der Waals surface area contributed by atoms with Crippen LogP contribution in [0.2, 0.25) is 0 Å². The minimum absolute atomic E-state index is 0.119. The zero-order chi connectivity index (χ0) is 13.7. The molecule has 2 rings (SSSR count). The SMILES string of the molecule is CC(C)Oc1ncccc1CNC1CCCCC1O. The molecule has 0 amide bonds. The van der Waals surface area contributed by atoms with E-state index >= 15 is 0 Å². The number of rotatable bonds is 5. The van der Waals surface area contributed by atoms with Gasteiger partial charge < -0.3 is 15.2 Å². The topological polar surface area (TPSA) is 54.4 Å². The highest BCUT2D eigenvalue weighted by Gasteiger charge is 2.22. The Morgan fingerprint density at radius 1 is 1.42 bits per heavy atom. The van der Waals surface area contributed by atoms with Crippen molar-refractivity contribution in [3.05, 3.63) is 23.9 Å². The van der Waals surface area contributed by atoms with Crippen molar-refractivity contribution < 1.29 is 9.84 Å². The van der Waals surface area contributed by atoms with Crippen LogP contribution in [0, 0.1) is 0 Å². The summed E-state index contributed by atoms with van der Waals surface area (Å²) in [5, 5.41) is 13.4. The van der Waals surface area contributed by atoms with Crippen molar-refractivity contribution in [2.45, 2.75) is 64.3 Å². The fourth-order valence-electron chi connectivity index (χ4n) is 2.48. The summed E-state index contributed by atoms with van der Waals surface area (Å²) in [6.07, 6.45) is 5.91. The first-order valence-corrected chi connectivity index (χ1v) is 7.19. The van der Waals surface area contributed by atoms with Crippen LogP contribution in [0.4, 0.5) is 0 Å². The monoisotopic (exact) mass is 264 g/mol. The normalized spacial score (nSPS) is 23.6. The Hall–Kier alpha value is -1.13. The molecule has 1 aromatic heterocycles. The summed E-state index contributed by atoms with van der Waals surface area (Å²) in [6, 6.07) is 4.13. The first-order chi connectivity index (χ1) is 9.16. The summed E-state index contributed by atoms with van der Waals surface area (Å²) in [7, 11) is 0. The van der Waals surface area contributed by atoms with Crippen molar-refractivity contribution in [2.75, 3.05) is 0 Å². The molecular formula is C15H24N2O2. The molecule has 2 atom stereocenters. The van der Waals surface area contributed by atoms with E-state index in [2.05, 4.69) is 10.3 Å². The quantitative estimate of drug-likeness (QED) is 0.856. The van der Waals surface area contributed by atoms with Gasteiger partial charge in [0.25, 0.3) is 0 Å². The lowest BCUT2D eigenvalue weighted by molar-refractivity contribution is 0.0899. The zero-order valence-electron chi connectivity index (χ0n) is 11.8. The van der Waals surface area contributed by atoms with Crippen molar-refractivity contribution >= 4 is 0 Å². The molecule has 2 N–H and O–H groups in total. The molecule has 1 aliphatic rings. The van der Waals surface area contributed by atoms with Crippen LogP contribution in [0.1, 0.15) is 45.1 Å². The van der Waals surface area contributed by atoms with Crippen molar-refractivity contribution in [1.82, 2.24) is 10.3 Å². The first-order valence-electron chi connectivity index (χ1n) is 7.19. The molecular weight excluding hydrogens is 240 g/mol. The summed E-state index contributed by atoms with van der Waals surface area (Å²) in [5.74, 6) is 0.690. The summed E-state index contributed by atoms with van der Waals surface area (Å²) in [6.45, 7) is 4.69. The summed E-state index contributed by atoms with van der Waals surface area (Å²) < 4.78 is 5.70. The Morgan fingerprint density at radius 2 is 2.21 bits per heavy atom. The molecule has 1 aromatic rings. The first kappa shape index (κ1) is 14.3. The number of hydrogen-bond acceptors (Lipinski definition) is 4. The fraction of sp³-hybridized carbons (Fsp3) is 0.667. The van der Waals surface area contributed by atoms with E-state index in [4.69, 9.17) is 4.74 Å². The third-order valence-electron chi connectivity index (χ3n) is 3.48. The van der Waals surface area contributed by atoms with Gasteiger partial charge in [0, 0.05) is 24.3 Å². The van der Waals surface area contributed by atoms with Crippen LogP contribution in [0.5, 0.6) is 5.88 Å². The molecule has 1 fully saturated rings. The van der Waals surface area contributed by atoms with Crippen LogP contribution in [-0.4, -0.2) is 28.3 Å². The standard InChI is InChI=1S/C15H24N2O2/c1-11(2)19-15-12(6-5-9-16-15)10-17-13-7-3-4-8-14(13)18/h5-6,9,11,13-14,17-18H,3-4,7-8,10H2,1-2H3. The van der Waals surface area contributed by atoms with Crippen molar-refractivity contribution in [3.8, 4) is 5.88 Å². The lowest BCUT2D eigenvalue weighted by Gasteiger charge is -2.28. The number of aromatic nitrogens is 1. The maximum atomic E-state index is 9.95. The molecule has 106 valence electrons. The van der Waals surface area contributed by atoms with Crippen LogP contribution in [0.15, 0.2) is 18.3 Å². The van der Waals surface area contributed by atoms with Gasteiger partial charge in [-0.05, 0) is 32.8 Å². The second kappa shape index (κ2) is 6.87. The van der Waals surface area contributed by atoms with Crippen molar-refractivity contribution in [3.63, 3.8) is 0 Å². The Balaban J connectivity index is 1.94. The average Bonchev–Trinajstić information content (AvgIpc) is 2.39. The molecule has 0 saturated heterocycles. The van der Waals surface area contributed by atoms with Crippen LogP contribution in [0.25, 0.3) is 0 Å². The molecule has 19 heavy (non-hydrogen) atoms. The van der Waals surface area contributed by atoms with E-state index in [1.165, 1.54) is 6.42 Å². The Bertz CT molecular complexity index is 395. The van der Waals surface area contributed by atoms with Gasteiger partial charge in [0.2, 0.25) is 5.88 Å². The van der Waals surface area contributed by atoms with Gasteiger partial charge in [0.15, 0.2) is 0 Å². The van der Waals surface area contributed by atoms with Crippen molar-refractivity contribution in [1.29, 1.82) is 0 Å². The number of hydrogen-bond donors (Lipinski definition) is 2. The van der Waals surface area contributed by atoms with Crippen LogP contribution < -0.4 is 10.1 Å². The Labute approximate surface area is 115 Å². The van der Waals surface area contributed by atoms with Gasteiger partial charge in [-0.2, -0.15) is 0 Å². The summed E-state index contributed by atoms with van der Waals surface area (Å²) >= 11 is 0. The maximum Gasteiger partial charge on any atom is 0.218 e. The lowest BCUT2D eigenvalue weighted by atomic mass is 9.92. The molecule has 1 heterocycles. The number of nitrogens with one attached hydrogen (secondary N) is 1. The molecule has 1 saturated carbocycles. The van der Waals surface area contributed by atoms with Gasteiger partial charge in [-0.25, -0.2) is 4.98 Å². The van der Waals surface area contributed by atoms with E-state index in [-0.39, 0.29) is 18.2 Å². The molecule has 4 nitrogen and oxygen atoms in total. The Kier molecular flexibility index (Phi) is 5.16. The predicted octanol–water partition coefficient (Wildman–Crippen LogP) is 2.26. The van der Waals surface area contributed by atoms with Gasteiger partial charge in [-0.3, -0.25) is 0 Å². The average molecular weight is 264 g/mol. The fourth-order valence-corrected chi connectivity index (χ4v) is 2.48. The molecule has 0 radical (unpaired) electrons. The minimum atomic E-state index is -0.222. The lowest BCUT2D eigenvalue weighted by Crippen LogP contribution is -2.41. The zero-order valence-corrected chi connectivity index (χ0v) is 11.8. The second-order valence-electron chi connectivity index (χ2n) is 5.47. The van der Waals surface area contributed by atoms with Crippen molar-refractivity contribution in [2.24, 2.45) is 0 Å². The van der Waals surface area contributed by atoms with Crippen LogP contribution >= 0.6 is 0 Å². The third-order valence-corrected chi connectivity index (χ3v) is 3.48. The molecule has 0 spiro atoms. The summed E-state index contributed by atoms with van der Waals surface area (Å²) in [5.41, 5.74) is 1.05. The van der Waals surface area contributed by atoms with Gasteiger partial charge in [0.05, 0.1) is 12.2 Å². The highest BCUT2D eigenvalue weighted by Crippen LogP contribution is 2.20. The molecule has 4 heteroatoms. The van der Waals surface area contributed by atoms with E-state index in [0.717, 1.165) is 24.8 Å².